The average molecular weight is 408 g/mol. The van der Waals surface area contributed by atoms with Crippen LogP contribution in [0.4, 0.5) is 5.82 Å². The van der Waals surface area contributed by atoms with E-state index in [0.29, 0.717) is 29.6 Å². The van der Waals surface area contributed by atoms with Crippen molar-refractivity contribution >= 4 is 27.6 Å². The second-order valence-electron chi connectivity index (χ2n) is 7.16. The van der Waals surface area contributed by atoms with E-state index in [2.05, 4.69) is 30.4 Å². The van der Waals surface area contributed by atoms with Gasteiger partial charge in [0.15, 0.2) is 5.82 Å². The average Bonchev–Trinajstić information content (AvgIpc) is 3.55. The third-order valence-corrected chi connectivity index (χ3v) is 5.13. The molecule has 0 radical (unpaired) electrons. The molecule has 9 nitrogen and oxygen atoms in total. The molecule has 150 valence electrons. The van der Waals surface area contributed by atoms with Gasteiger partial charge in [-0.15, -0.1) is 0 Å². The molecule has 0 aliphatic rings. The molecule has 0 saturated carbocycles. The van der Waals surface area contributed by atoms with Gasteiger partial charge in [-0.2, -0.15) is 15.2 Å². The highest BCUT2D eigenvalue weighted by atomic mass is 16.5. The quantitative estimate of drug-likeness (QED) is 0.456. The van der Waals surface area contributed by atoms with Crippen LogP contribution in [0, 0.1) is 0 Å². The number of pyridine rings is 1. The van der Waals surface area contributed by atoms with Crippen LogP contribution < -0.4 is 5.73 Å². The summed E-state index contributed by atoms with van der Waals surface area (Å²) in [6.45, 7) is 0.334. The summed E-state index contributed by atoms with van der Waals surface area (Å²) in [6.07, 6.45) is 3.71. The van der Waals surface area contributed by atoms with Crippen LogP contribution >= 0.6 is 0 Å². The number of anilines is 1. The Morgan fingerprint density at radius 3 is 2.71 bits per heavy atom. The van der Waals surface area contributed by atoms with Crippen molar-refractivity contribution in [2.45, 2.75) is 6.54 Å². The molecule has 9 heteroatoms. The highest BCUT2D eigenvalue weighted by Crippen LogP contribution is 2.30. The zero-order valence-electron chi connectivity index (χ0n) is 16.2. The minimum absolute atomic E-state index is 0.334. The number of hydrogen-bond donors (Lipinski definition) is 2. The lowest BCUT2D eigenvalue weighted by molar-refractivity contribution is 0.366. The summed E-state index contributed by atoms with van der Waals surface area (Å²) in [5.74, 6) is 1.38. The van der Waals surface area contributed by atoms with E-state index in [1.54, 1.807) is 10.9 Å². The van der Waals surface area contributed by atoms with E-state index in [9.17, 15) is 0 Å². The van der Waals surface area contributed by atoms with Gasteiger partial charge in [0, 0.05) is 34.3 Å². The Balaban J connectivity index is 1.38. The van der Waals surface area contributed by atoms with E-state index < -0.39 is 0 Å². The molecule has 2 aromatic carbocycles. The summed E-state index contributed by atoms with van der Waals surface area (Å²) >= 11 is 0. The van der Waals surface area contributed by atoms with Crippen molar-refractivity contribution < 1.29 is 4.52 Å². The largest absolute Gasteiger partial charge is 0.382 e. The fourth-order valence-electron chi connectivity index (χ4n) is 3.67. The van der Waals surface area contributed by atoms with Gasteiger partial charge in [0.25, 0.3) is 0 Å². The molecule has 0 unspecified atom stereocenters. The van der Waals surface area contributed by atoms with Crippen LogP contribution in [-0.2, 0) is 6.54 Å². The Kier molecular flexibility index (Phi) is 3.79. The Labute approximate surface area is 175 Å². The van der Waals surface area contributed by atoms with Gasteiger partial charge in [-0.25, -0.2) is 4.98 Å². The first kappa shape index (κ1) is 17.3. The van der Waals surface area contributed by atoms with Crippen LogP contribution in [0.5, 0.6) is 0 Å². The second-order valence-corrected chi connectivity index (χ2v) is 7.16. The number of hydrogen-bond acceptors (Lipinski definition) is 7. The van der Waals surface area contributed by atoms with Crippen molar-refractivity contribution in [3.8, 4) is 22.6 Å². The van der Waals surface area contributed by atoms with E-state index in [4.69, 9.17) is 10.3 Å². The van der Waals surface area contributed by atoms with E-state index in [1.807, 2.05) is 60.8 Å². The maximum Gasteiger partial charge on any atom is 0.248 e. The molecule has 0 fully saturated rings. The summed E-state index contributed by atoms with van der Waals surface area (Å²) in [7, 11) is 0. The third-order valence-electron chi connectivity index (χ3n) is 5.13. The van der Waals surface area contributed by atoms with Crippen molar-refractivity contribution in [1.82, 2.24) is 35.1 Å². The number of fused-ring (bicyclic) bond motifs is 3. The number of H-pyrrole nitrogens is 1. The SMILES string of the molecule is Nc1nc2cc(-c3cc[nH]n3)ccc2c2cn(Cc3nc(-c4ccccc4)no3)nc12. The maximum atomic E-state index is 6.22. The predicted molar refractivity (Wildman–Crippen MR) is 116 cm³/mol. The molecule has 0 bridgehead atoms. The molecule has 3 N–H and O–H groups in total. The first-order chi connectivity index (χ1) is 15.2. The molecular weight excluding hydrogens is 392 g/mol. The number of nitrogens with two attached hydrogens (primary N) is 1. The van der Waals surface area contributed by atoms with Crippen molar-refractivity contribution in [2.24, 2.45) is 0 Å². The molecule has 0 spiro atoms. The normalized spacial score (nSPS) is 11.5. The van der Waals surface area contributed by atoms with Crippen molar-refractivity contribution in [2.75, 3.05) is 5.73 Å². The minimum Gasteiger partial charge on any atom is -0.382 e. The van der Waals surface area contributed by atoms with Gasteiger partial charge in [0.2, 0.25) is 11.7 Å². The lowest BCUT2D eigenvalue weighted by atomic mass is 10.1. The molecule has 31 heavy (non-hydrogen) atoms. The van der Waals surface area contributed by atoms with Gasteiger partial charge in [-0.3, -0.25) is 9.78 Å². The number of aromatic nitrogens is 7. The highest BCUT2D eigenvalue weighted by Gasteiger charge is 2.14. The first-order valence-electron chi connectivity index (χ1n) is 9.69. The van der Waals surface area contributed by atoms with Crippen molar-refractivity contribution in [3.63, 3.8) is 0 Å². The van der Waals surface area contributed by atoms with Crippen LogP contribution in [0.2, 0.25) is 0 Å². The summed E-state index contributed by atoms with van der Waals surface area (Å²) in [4.78, 5) is 9.03. The molecule has 6 rings (SSSR count). The molecule has 0 aliphatic heterocycles. The Morgan fingerprint density at radius 1 is 0.968 bits per heavy atom. The number of aromatic amines is 1. The monoisotopic (exact) mass is 408 g/mol. The van der Waals surface area contributed by atoms with Crippen molar-refractivity contribution in [3.05, 3.63) is 72.9 Å². The second kappa shape index (κ2) is 6.77. The van der Waals surface area contributed by atoms with Crippen LogP contribution in [0.25, 0.3) is 44.5 Å². The van der Waals surface area contributed by atoms with E-state index in [1.165, 1.54) is 0 Å². The fourth-order valence-corrected chi connectivity index (χ4v) is 3.67. The number of benzene rings is 2. The zero-order valence-corrected chi connectivity index (χ0v) is 16.2. The van der Waals surface area contributed by atoms with E-state index in [0.717, 1.165) is 33.1 Å². The zero-order chi connectivity index (χ0) is 20.8. The highest BCUT2D eigenvalue weighted by molar-refractivity contribution is 6.08. The summed E-state index contributed by atoms with van der Waals surface area (Å²) < 4.78 is 7.16. The third kappa shape index (κ3) is 2.99. The Morgan fingerprint density at radius 2 is 1.87 bits per heavy atom. The molecular formula is C22H16N8O. The van der Waals surface area contributed by atoms with Gasteiger partial charge in [0.1, 0.15) is 12.1 Å². The van der Waals surface area contributed by atoms with Gasteiger partial charge in [0.05, 0.1) is 11.2 Å². The first-order valence-corrected chi connectivity index (χ1v) is 9.69. The molecule has 4 heterocycles. The summed E-state index contributed by atoms with van der Waals surface area (Å²) in [5.41, 5.74) is 10.4. The topological polar surface area (TPSA) is 124 Å². The van der Waals surface area contributed by atoms with Crippen LogP contribution in [0.1, 0.15) is 5.89 Å². The molecule has 0 aliphatic carbocycles. The van der Waals surface area contributed by atoms with Gasteiger partial charge in [-0.05, 0) is 12.1 Å². The van der Waals surface area contributed by atoms with E-state index >= 15 is 0 Å². The molecule has 4 aromatic heterocycles. The smallest absolute Gasteiger partial charge is 0.248 e. The Bertz CT molecular complexity index is 1520. The predicted octanol–water partition coefficient (Wildman–Crippen LogP) is 3.66. The van der Waals surface area contributed by atoms with E-state index in [-0.39, 0.29) is 0 Å². The van der Waals surface area contributed by atoms with Gasteiger partial charge in [-0.1, -0.05) is 47.6 Å². The molecule has 0 saturated heterocycles. The fraction of sp³-hybridized carbons (Fsp3) is 0.0455. The molecule has 0 atom stereocenters. The van der Waals surface area contributed by atoms with Crippen LogP contribution in [0.15, 0.2) is 71.5 Å². The van der Waals surface area contributed by atoms with Crippen LogP contribution in [0.3, 0.4) is 0 Å². The summed E-state index contributed by atoms with van der Waals surface area (Å²) in [6, 6.07) is 17.6. The lowest BCUT2D eigenvalue weighted by Gasteiger charge is -2.03. The summed E-state index contributed by atoms with van der Waals surface area (Å²) in [5, 5.41) is 17.6. The standard InChI is InChI=1S/C22H16N8O/c23-21-20-16(15-7-6-14(10-18(15)25-21)17-8-9-24-27-17)11-30(28-20)12-19-26-22(29-31-19)13-4-2-1-3-5-13/h1-11H,12H2,(H2,23,25)(H,24,27). The minimum atomic E-state index is 0.334. The Hall–Kier alpha value is -4.53. The molecule has 6 aromatic rings. The maximum absolute atomic E-state index is 6.22. The van der Waals surface area contributed by atoms with Gasteiger partial charge < -0.3 is 10.3 Å². The number of rotatable bonds is 4. The molecule has 0 amide bonds. The number of nitrogens with one attached hydrogen (secondary N) is 1. The number of nitrogens with zero attached hydrogens (tertiary/aromatic N) is 6. The lowest BCUT2D eigenvalue weighted by Crippen LogP contribution is -2.00. The van der Waals surface area contributed by atoms with Crippen molar-refractivity contribution in [1.29, 1.82) is 0 Å². The number of nitrogen functional groups attached to an aromatic ring is 1. The van der Waals surface area contributed by atoms with Gasteiger partial charge >= 0.3 is 0 Å². The van der Waals surface area contributed by atoms with Crippen LogP contribution in [-0.4, -0.2) is 35.1 Å².